The molecule has 0 N–H and O–H groups in total. The van der Waals surface area contributed by atoms with Crippen LogP contribution >= 0.6 is 0 Å². The fourth-order valence-corrected chi connectivity index (χ4v) is 3.89. The number of benzene rings is 2. The van der Waals surface area contributed by atoms with Crippen molar-refractivity contribution in [2.24, 2.45) is 0 Å². The highest BCUT2D eigenvalue weighted by Gasteiger charge is 2.23. The van der Waals surface area contributed by atoms with Crippen molar-refractivity contribution in [2.75, 3.05) is 27.8 Å². The van der Waals surface area contributed by atoms with Gasteiger partial charge in [-0.2, -0.15) is 5.10 Å². The molecule has 36 heavy (non-hydrogen) atoms. The Morgan fingerprint density at radius 1 is 1.00 bits per heavy atom. The predicted molar refractivity (Wildman–Crippen MR) is 137 cm³/mol. The summed E-state index contributed by atoms with van der Waals surface area (Å²) in [5, 5.41) is 4.71. The average Bonchev–Trinajstić information content (AvgIpc) is 3.31. The molecule has 4 aromatic rings. The number of nitrogens with zero attached hydrogens (tertiary/aromatic N) is 4. The van der Waals surface area contributed by atoms with Gasteiger partial charge in [0.2, 0.25) is 0 Å². The Balaban J connectivity index is 1.67. The van der Waals surface area contributed by atoms with Crippen LogP contribution in [0.5, 0.6) is 11.5 Å². The molecular formula is C28H31FN4O3. The van der Waals surface area contributed by atoms with E-state index < -0.39 is 0 Å². The van der Waals surface area contributed by atoms with Gasteiger partial charge in [-0.05, 0) is 54.4 Å². The molecule has 0 atom stereocenters. The maximum atomic E-state index is 13.6. The van der Waals surface area contributed by atoms with Crippen molar-refractivity contribution in [3.05, 3.63) is 77.4 Å². The van der Waals surface area contributed by atoms with Gasteiger partial charge in [0.25, 0.3) is 5.91 Å². The van der Waals surface area contributed by atoms with Crippen molar-refractivity contribution in [3.63, 3.8) is 0 Å². The van der Waals surface area contributed by atoms with Crippen molar-refractivity contribution in [3.8, 4) is 22.8 Å². The van der Waals surface area contributed by atoms with E-state index in [-0.39, 0.29) is 17.1 Å². The average molecular weight is 491 g/mol. The Kier molecular flexibility index (Phi) is 6.97. The third-order valence-electron chi connectivity index (χ3n) is 6.09. The number of likely N-dealkylation sites (N-methyl/N-ethyl adjacent to an activating group) is 1. The molecule has 0 spiro atoms. The minimum Gasteiger partial charge on any atom is -0.493 e. The van der Waals surface area contributed by atoms with Crippen LogP contribution in [0, 0.1) is 5.82 Å². The highest BCUT2D eigenvalue weighted by Crippen LogP contribution is 2.28. The Bertz CT molecular complexity index is 1390. The van der Waals surface area contributed by atoms with E-state index in [0.29, 0.717) is 41.5 Å². The van der Waals surface area contributed by atoms with Crippen LogP contribution in [-0.4, -0.2) is 53.2 Å². The molecule has 2 heterocycles. The summed E-state index contributed by atoms with van der Waals surface area (Å²) < 4.78 is 25.8. The first-order chi connectivity index (χ1) is 17.1. The molecule has 0 radical (unpaired) electrons. The molecule has 0 saturated heterocycles. The van der Waals surface area contributed by atoms with E-state index in [9.17, 15) is 9.18 Å². The van der Waals surface area contributed by atoms with Crippen LogP contribution in [0.3, 0.4) is 0 Å². The van der Waals surface area contributed by atoms with Crippen LogP contribution in [0.2, 0.25) is 0 Å². The van der Waals surface area contributed by atoms with Crippen LogP contribution < -0.4 is 9.47 Å². The fraction of sp³-hybridized carbons (Fsp3) is 0.321. The summed E-state index contributed by atoms with van der Waals surface area (Å²) in [7, 11) is 4.96. The third kappa shape index (κ3) is 5.17. The Hall–Kier alpha value is -3.94. The first-order valence-corrected chi connectivity index (χ1v) is 11.7. The molecule has 0 unspecified atom stereocenters. The number of carbonyl (C=O) groups is 1. The zero-order valence-corrected chi connectivity index (χ0v) is 21.5. The Morgan fingerprint density at radius 2 is 1.69 bits per heavy atom. The number of fused-ring (bicyclic) bond motifs is 1. The first kappa shape index (κ1) is 25.2. The van der Waals surface area contributed by atoms with Crippen molar-refractivity contribution in [1.29, 1.82) is 0 Å². The lowest BCUT2D eigenvalue weighted by Gasteiger charge is -2.19. The number of aromatic nitrogens is 3. The summed E-state index contributed by atoms with van der Waals surface area (Å²) in [6.45, 7) is 6.67. The van der Waals surface area contributed by atoms with Gasteiger partial charge in [0, 0.05) is 30.6 Å². The normalized spacial score (nSPS) is 11.5. The number of methoxy groups -OCH3 is 2. The number of hydrogen-bond acceptors (Lipinski definition) is 5. The molecular weight excluding hydrogens is 459 g/mol. The van der Waals surface area contributed by atoms with Gasteiger partial charge in [0.1, 0.15) is 11.5 Å². The smallest absolute Gasteiger partial charge is 0.272 e. The van der Waals surface area contributed by atoms with Crippen LogP contribution in [0.15, 0.2) is 54.6 Å². The van der Waals surface area contributed by atoms with E-state index in [4.69, 9.17) is 19.6 Å². The second-order valence-electron chi connectivity index (χ2n) is 9.75. The Labute approximate surface area is 210 Å². The van der Waals surface area contributed by atoms with Crippen LogP contribution in [-0.2, 0) is 11.8 Å². The standard InChI is InChI=1S/C28H31FN4O3/c1-28(2,3)25-17-26-30-21(19-8-10-20(29)11-9-19)16-22(33(26)31-25)27(34)32(4)14-13-18-7-12-23(35-5)24(15-18)36-6/h7-12,15-17H,13-14H2,1-6H3. The van der Waals surface area contributed by atoms with E-state index in [2.05, 4.69) is 20.8 Å². The van der Waals surface area contributed by atoms with Gasteiger partial charge in [-0.25, -0.2) is 13.9 Å². The monoisotopic (exact) mass is 490 g/mol. The van der Waals surface area contributed by atoms with Crippen LogP contribution in [0.1, 0.15) is 42.5 Å². The molecule has 188 valence electrons. The highest BCUT2D eigenvalue weighted by molar-refractivity contribution is 5.94. The van der Waals surface area contributed by atoms with Crippen LogP contribution in [0.4, 0.5) is 4.39 Å². The fourth-order valence-electron chi connectivity index (χ4n) is 3.89. The largest absolute Gasteiger partial charge is 0.493 e. The molecule has 1 amide bonds. The third-order valence-corrected chi connectivity index (χ3v) is 6.09. The highest BCUT2D eigenvalue weighted by atomic mass is 19.1. The van der Waals surface area contributed by atoms with Gasteiger partial charge in [0.05, 0.1) is 25.6 Å². The quantitative estimate of drug-likeness (QED) is 0.358. The summed E-state index contributed by atoms with van der Waals surface area (Å²) in [4.78, 5) is 20.0. The summed E-state index contributed by atoms with van der Waals surface area (Å²) >= 11 is 0. The van der Waals surface area contributed by atoms with Gasteiger partial charge in [-0.3, -0.25) is 4.79 Å². The second-order valence-corrected chi connectivity index (χ2v) is 9.75. The SMILES string of the molecule is COc1ccc(CCN(C)C(=O)c2cc(-c3ccc(F)cc3)nc3cc(C(C)(C)C)nn23)cc1OC. The summed E-state index contributed by atoms with van der Waals surface area (Å²) in [5.74, 6) is 0.793. The number of hydrogen-bond donors (Lipinski definition) is 0. The van der Waals surface area contributed by atoms with Gasteiger partial charge >= 0.3 is 0 Å². The molecule has 0 aliphatic rings. The molecule has 2 aromatic heterocycles. The lowest BCUT2D eigenvalue weighted by Crippen LogP contribution is -2.30. The number of carbonyl (C=O) groups excluding carboxylic acids is 1. The molecule has 0 fully saturated rings. The molecule has 0 aliphatic heterocycles. The van der Waals surface area contributed by atoms with Gasteiger partial charge in [-0.1, -0.05) is 26.8 Å². The number of ether oxygens (including phenoxy) is 2. The zero-order chi connectivity index (χ0) is 26.0. The van der Waals surface area contributed by atoms with Gasteiger partial charge in [0.15, 0.2) is 17.1 Å². The predicted octanol–water partition coefficient (Wildman–Crippen LogP) is 5.16. The van der Waals surface area contributed by atoms with Gasteiger partial charge in [-0.15, -0.1) is 0 Å². The molecule has 4 rings (SSSR count). The van der Waals surface area contributed by atoms with E-state index in [1.165, 1.54) is 12.1 Å². The van der Waals surface area contributed by atoms with Crippen LogP contribution in [0.25, 0.3) is 16.9 Å². The van der Waals surface area contributed by atoms with E-state index in [1.807, 2.05) is 24.3 Å². The van der Waals surface area contributed by atoms with Gasteiger partial charge < -0.3 is 14.4 Å². The van der Waals surface area contributed by atoms with Crippen molar-refractivity contribution in [2.45, 2.75) is 32.6 Å². The topological polar surface area (TPSA) is 69.0 Å². The Morgan fingerprint density at radius 3 is 2.33 bits per heavy atom. The van der Waals surface area contributed by atoms with E-state index in [0.717, 1.165) is 16.8 Å². The number of amides is 1. The lowest BCUT2D eigenvalue weighted by atomic mass is 9.93. The zero-order valence-electron chi connectivity index (χ0n) is 21.5. The van der Waals surface area contributed by atoms with E-state index in [1.54, 1.807) is 48.9 Å². The lowest BCUT2D eigenvalue weighted by molar-refractivity contribution is 0.0787. The summed E-state index contributed by atoms with van der Waals surface area (Å²) in [5.41, 5.74) is 3.90. The molecule has 0 bridgehead atoms. The minimum atomic E-state index is -0.328. The minimum absolute atomic E-state index is 0.185. The first-order valence-electron chi connectivity index (χ1n) is 11.7. The number of halogens is 1. The molecule has 0 aliphatic carbocycles. The van der Waals surface area contributed by atoms with Crippen molar-refractivity contribution in [1.82, 2.24) is 19.5 Å². The molecule has 0 saturated carbocycles. The maximum absolute atomic E-state index is 13.6. The summed E-state index contributed by atoms with van der Waals surface area (Å²) in [6, 6.07) is 15.4. The van der Waals surface area contributed by atoms with Crippen molar-refractivity contribution < 1.29 is 18.7 Å². The summed E-state index contributed by atoms with van der Waals surface area (Å²) in [6.07, 6.45) is 0.633. The molecule has 7 nitrogen and oxygen atoms in total. The van der Waals surface area contributed by atoms with E-state index >= 15 is 0 Å². The maximum Gasteiger partial charge on any atom is 0.272 e. The molecule has 8 heteroatoms. The van der Waals surface area contributed by atoms with Crippen molar-refractivity contribution >= 4 is 11.6 Å². The number of rotatable bonds is 7. The molecule has 2 aromatic carbocycles. The second kappa shape index (κ2) is 9.97.